The quantitative estimate of drug-likeness (QED) is 0.476. The van der Waals surface area contributed by atoms with Crippen molar-refractivity contribution in [2.24, 2.45) is 0 Å². The Kier molecular flexibility index (Phi) is 4.76. The fourth-order valence-corrected chi connectivity index (χ4v) is 2.80. The van der Waals surface area contributed by atoms with Gasteiger partial charge < -0.3 is 10.1 Å². The van der Waals surface area contributed by atoms with Gasteiger partial charge in [-0.1, -0.05) is 0 Å². The van der Waals surface area contributed by atoms with Crippen LogP contribution >= 0.6 is 0 Å². The summed E-state index contributed by atoms with van der Waals surface area (Å²) in [4.78, 5) is 36.2. The maximum Gasteiger partial charge on any atom is 0.325 e. The summed E-state index contributed by atoms with van der Waals surface area (Å²) in [7, 11) is 0. The van der Waals surface area contributed by atoms with Gasteiger partial charge in [-0.25, -0.2) is 9.18 Å². The third-order valence-corrected chi connectivity index (χ3v) is 4.33. The number of nitro groups is 1. The van der Waals surface area contributed by atoms with Gasteiger partial charge in [0.05, 0.1) is 11.5 Å². The monoisotopic (exact) mass is 373 g/mol. The van der Waals surface area contributed by atoms with Crippen LogP contribution in [0.5, 0.6) is 5.75 Å². The second-order valence-corrected chi connectivity index (χ2v) is 6.12. The number of halogens is 1. The van der Waals surface area contributed by atoms with Crippen molar-refractivity contribution < 1.29 is 23.6 Å². The van der Waals surface area contributed by atoms with Crippen molar-refractivity contribution in [3.05, 3.63) is 70.0 Å². The first-order chi connectivity index (χ1) is 12.8. The van der Waals surface area contributed by atoms with Gasteiger partial charge in [-0.15, -0.1) is 0 Å². The van der Waals surface area contributed by atoms with Gasteiger partial charge in [0.1, 0.15) is 23.7 Å². The molecular formula is C18H16FN3O5. The van der Waals surface area contributed by atoms with Crippen molar-refractivity contribution in [1.82, 2.24) is 10.2 Å². The largest absolute Gasteiger partial charge is 0.492 e. The number of nitrogens with one attached hydrogen (secondary N) is 1. The molecule has 27 heavy (non-hydrogen) atoms. The minimum Gasteiger partial charge on any atom is -0.492 e. The molecule has 0 radical (unpaired) electrons. The maximum atomic E-state index is 12.9. The van der Waals surface area contributed by atoms with E-state index < -0.39 is 28.2 Å². The van der Waals surface area contributed by atoms with E-state index >= 15 is 0 Å². The molecule has 1 N–H and O–H groups in total. The number of nitrogens with zero attached hydrogens (tertiary/aromatic N) is 2. The van der Waals surface area contributed by atoms with Crippen molar-refractivity contribution in [2.75, 3.05) is 13.2 Å². The molecule has 2 aromatic carbocycles. The molecule has 1 heterocycles. The molecule has 0 aromatic heterocycles. The van der Waals surface area contributed by atoms with Crippen LogP contribution in [0.1, 0.15) is 12.5 Å². The number of benzene rings is 2. The Morgan fingerprint density at radius 1 is 1.15 bits per heavy atom. The molecule has 3 amide bonds. The van der Waals surface area contributed by atoms with Crippen LogP contribution in [0.25, 0.3) is 0 Å². The predicted molar refractivity (Wildman–Crippen MR) is 92.6 cm³/mol. The van der Waals surface area contributed by atoms with E-state index in [9.17, 15) is 24.1 Å². The third kappa shape index (κ3) is 3.57. The van der Waals surface area contributed by atoms with Gasteiger partial charge in [-0.05, 0) is 48.9 Å². The molecule has 0 unspecified atom stereocenters. The number of carbonyl (C=O) groups is 2. The van der Waals surface area contributed by atoms with E-state index in [4.69, 9.17) is 4.74 Å². The summed E-state index contributed by atoms with van der Waals surface area (Å²) in [6.45, 7) is 1.58. The molecule has 1 saturated heterocycles. The number of amides is 3. The zero-order valence-corrected chi connectivity index (χ0v) is 14.3. The lowest BCUT2D eigenvalue weighted by atomic mass is 9.92. The van der Waals surface area contributed by atoms with Crippen LogP contribution in [0.3, 0.4) is 0 Å². The van der Waals surface area contributed by atoms with Crippen LogP contribution in [-0.4, -0.2) is 34.9 Å². The average molecular weight is 373 g/mol. The highest BCUT2D eigenvalue weighted by Gasteiger charge is 2.48. The summed E-state index contributed by atoms with van der Waals surface area (Å²) in [5.74, 6) is -0.457. The Balaban J connectivity index is 1.68. The summed E-state index contributed by atoms with van der Waals surface area (Å²) in [6.07, 6.45) is 0. The van der Waals surface area contributed by atoms with E-state index in [1.165, 1.54) is 55.5 Å². The lowest BCUT2D eigenvalue weighted by molar-refractivity contribution is -0.384. The zero-order valence-electron chi connectivity index (χ0n) is 14.3. The van der Waals surface area contributed by atoms with E-state index in [2.05, 4.69) is 5.32 Å². The minimum absolute atomic E-state index is 0.00458. The van der Waals surface area contributed by atoms with E-state index in [1.807, 2.05) is 0 Å². The van der Waals surface area contributed by atoms with Crippen LogP contribution in [0, 0.1) is 15.9 Å². The zero-order chi connectivity index (χ0) is 19.6. The fraction of sp³-hybridized carbons (Fsp3) is 0.222. The van der Waals surface area contributed by atoms with Gasteiger partial charge in [0.2, 0.25) is 0 Å². The Labute approximate surface area is 153 Å². The van der Waals surface area contributed by atoms with Crippen LogP contribution < -0.4 is 10.1 Å². The first-order valence-electron chi connectivity index (χ1n) is 8.08. The minimum atomic E-state index is -1.32. The van der Waals surface area contributed by atoms with Crippen molar-refractivity contribution in [3.8, 4) is 5.75 Å². The van der Waals surface area contributed by atoms with Gasteiger partial charge in [-0.3, -0.25) is 19.8 Å². The fourth-order valence-electron chi connectivity index (χ4n) is 2.80. The lowest BCUT2D eigenvalue weighted by Gasteiger charge is -2.22. The number of urea groups is 1. The topological polar surface area (TPSA) is 102 Å². The highest BCUT2D eigenvalue weighted by Crippen LogP contribution is 2.29. The summed E-state index contributed by atoms with van der Waals surface area (Å²) in [5.41, 5.74) is -0.987. The molecule has 2 aromatic rings. The molecule has 0 spiro atoms. The number of imide groups is 1. The van der Waals surface area contributed by atoms with Gasteiger partial charge in [0.15, 0.2) is 0 Å². The predicted octanol–water partition coefficient (Wildman–Crippen LogP) is 2.58. The number of hydrogen-bond acceptors (Lipinski definition) is 5. The first-order valence-corrected chi connectivity index (χ1v) is 8.08. The number of ether oxygens (including phenoxy) is 1. The molecule has 1 aliphatic rings. The molecule has 1 atom stereocenters. The molecule has 0 aliphatic carbocycles. The smallest absolute Gasteiger partial charge is 0.325 e. The van der Waals surface area contributed by atoms with Gasteiger partial charge in [0.25, 0.3) is 11.6 Å². The molecule has 140 valence electrons. The van der Waals surface area contributed by atoms with Crippen LogP contribution in [0.4, 0.5) is 14.9 Å². The average Bonchev–Trinajstić information content (AvgIpc) is 2.87. The maximum absolute atomic E-state index is 12.9. The Hall–Kier alpha value is -3.49. The van der Waals surface area contributed by atoms with Gasteiger partial charge in [0, 0.05) is 12.1 Å². The van der Waals surface area contributed by atoms with Crippen molar-refractivity contribution >= 4 is 17.6 Å². The Bertz CT molecular complexity index is 885. The number of nitro benzene ring substituents is 1. The van der Waals surface area contributed by atoms with Crippen molar-refractivity contribution in [3.63, 3.8) is 0 Å². The standard InChI is InChI=1S/C18H16FN3O5/c1-18(12-2-6-14(7-3-12)22(25)26)16(23)21(17(24)20-18)10-11-27-15-8-4-13(19)5-9-15/h2-9H,10-11H2,1H3,(H,20,24)/t18-/m1/s1. The first kappa shape index (κ1) is 18.3. The number of carbonyl (C=O) groups excluding carboxylic acids is 2. The van der Waals surface area contributed by atoms with E-state index in [-0.39, 0.29) is 18.8 Å². The molecule has 1 fully saturated rings. The molecule has 9 heteroatoms. The van der Waals surface area contributed by atoms with E-state index in [0.717, 1.165) is 4.90 Å². The SMILES string of the molecule is C[C@]1(c2ccc([N+](=O)[O-])cc2)NC(=O)N(CCOc2ccc(F)cc2)C1=O. The molecule has 8 nitrogen and oxygen atoms in total. The van der Waals surface area contributed by atoms with Gasteiger partial charge >= 0.3 is 6.03 Å². The number of rotatable bonds is 6. The van der Waals surface area contributed by atoms with Crippen molar-refractivity contribution in [2.45, 2.75) is 12.5 Å². The van der Waals surface area contributed by atoms with Gasteiger partial charge in [-0.2, -0.15) is 0 Å². The second kappa shape index (κ2) is 7.02. The normalized spacial score (nSPS) is 19.1. The van der Waals surface area contributed by atoms with Crippen LogP contribution in [0.2, 0.25) is 0 Å². The van der Waals surface area contributed by atoms with Crippen LogP contribution in [-0.2, 0) is 10.3 Å². The summed E-state index contributed by atoms with van der Waals surface area (Å²) in [6, 6.07) is 10.2. The Morgan fingerprint density at radius 3 is 2.37 bits per heavy atom. The third-order valence-electron chi connectivity index (χ3n) is 4.33. The van der Waals surface area contributed by atoms with E-state index in [0.29, 0.717) is 11.3 Å². The molecule has 3 rings (SSSR count). The molecular weight excluding hydrogens is 357 g/mol. The summed E-state index contributed by atoms with van der Waals surface area (Å²) in [5, 5.41) is 13.4. The molecule has 1 aliphatic heterocycles. The number of hydrogen-bond donors (Lipinski definition) is 1. The lowest BCUT2D eigenvalue weighted by Crippen LogP contribution is -2.41. The highest BCUT2D eigenvalue weighted by atomic mass is 19.1. The molecule has 0 saturated carbocycles. The van der Waals surface area contributed by atoms with Crippen LogP contribution in [0.15, 0.2) is 48.5 Å². The highest BCUT2D eigenvalue weighted by molar-refractivity contribution is 6.07. The Morgan fingerprint density at radius 2 is 1.78 bits per heavy atom. The molecule has 0 bridgehead atoms. The summed E-state index contributed by atoms with van der Waals surface area (Å²) < 4.78 is 18.3. The van der Waals surface area contributed by atoms with E-state index in [1.54, 1.807) is 0 Å². The van der Waals surface area contributed by atoms with Crippen molar-refractivity contribution in [1.29, 1.82) is 0 Å². The second-order valence-electron chi connectivity index (χ2n) is 6.12. The number of non-ortho nitro benzene ring substituents is 1. The summed E-state index contributed by atoms with van der Waals surface area (Å²) >= 11 is 0.